The minimum atomic E-state index is -0.175. The molecule has 0 aliphatic carbocycles. The van der Waals surface area contributed by atoms with Crippen molar-refractivity contribution in [1.82, 2.24) is 10.6 Å². The third kappa shape index (κ3) is 5.51. The van der Waals surface area contributed by atoms with E-state index in [1.807, 2.05) is 0 Å². The molecule has 1 aliphatic rings. The topological polar surface area (TPSA) is 50.4 Å². The normalized spacial score (nSPS) is 18.0. The number of amides is 1. The number of carbonyl (C=O) groups excluding carboxylic acids is 1. The van der Waals surface area contributed by atoms with Gasteiger partial charge in [-0.1, -0.05) is 34.8 Å². The summed E-state index contributed by atoms with van der Waals surface area (Å²) in [5.41, 5.74) is 0. The average Bonchev–Trinajstić information content (AvgIpc) is 2.50. The van der Waals surface area contributed by atoms with Gasteiger partial charge in [0.1, 0.15) is 5.75 Å². The van der Waals surface area contributed by atoms with Gasteiger partial charge in [-0.25, -0.2) is 0 Å². The minimum absolute atomic E-state index is 0.0966. The molecule has 1 fully saturated rings. The Morgan fingerprint density at radius 1 is 1.27 bits per heavy atom. The van der Waals surface area contributed by atoms with E-state index in [0.29, 0.717) is 33.3 Å². The van der Waals surface area contributed by atoms with Gasteiger partial charge in [0.15, 0.2) is 6.61 Å². The number of carbonyl (C=O) groups is 1. The molecular formula is C15H19Cl3N2O2. The van der Waals surface area contributed by atoms with Gasteiger partial charge < -0.3 is 15.4 Å². The summed E-state index contributed by atoms with van der Waals surface area (Å²) in [5, 5.41) is 7.23. The maximum absolute atomic E-state index is 11.8. The molecule has 1 heterocycles. The Balaban J connectivity index is 1.70. The van der Waals surface area contributed by atoms with Crippen molar-refractivity contribution in [1.29, 1.82) is 0 Å². The predicted molar refractivity (Wildman–Crippen MR) is 90.2 cm³/mol. The van der Waals surface area contributed by atoms with Crippen molar-refractivity contribution in [3.8, 4) is 5.75 Å². The predicted octanol–water partition coefficient (Wildman–Crippen LogP) is 3.53. The molecule has 1 atom stereocenters. The summed E-state index contributed by atoms with van der Waals surface area (Å²) >= 11 is 17.7. The first-order chi connectivity index (χ1) is 10.6. The molecular weight excluding hydrogens is 347 g/mol. The first-order valence-corrected chi connectivity index (χ1v) is 8.44. The molecule has 4 nitrogen and oxygen atoms in total. The molecule has 1 unspecified atom stereocenters. The molecule has 1 amide bonds. The van der Waals surface area contributed by atoms with Gasteiger partial charge in [-0.3, -0.25) is 4.79 Å². The van der Waals surface area contributed by atoms with Crippen LogP contribution in [0.4, 0.5) is 0 Å². The van der Waals surface area contributed by atoms with E-state index in [1.54, 1.807) is 0 Å². The van der Waals surface area contributed by atoms with Crippen molar-refractivity contribution in [2.24, 2.45) is 5.92 Å². The van der Waals surface area contributed by atoms with E-state index >= 15 is 0 Å². The maximum Gasteiger partial charge on any atom is 0.257 e. The number of hydrogen-bond acceptors (Lipinski definition) is 3. The van der Waals surface area contributed by atoms with Crippen molar-refractivity contribution in [2.75, 3.05) is 26.2 Å². The number of ether oxygens (including phenoxy) is 1. The fourth-order valence-corrected chi connectivity index (χ4v) is 2.99. The van der Waals surface area contributed by atoms with Gasteiger partial charge in [0, 0.05) is 12.6 Å². The van der Waals surface area contributed by atoms with Crippen LogP contribution in [0.2, 0.25) is 15.1 Å². The van der Waals surface area contributed by atoms with E-state index in [2.05, 4.69) is 10.6 Å². The second-order valence-corrected chi connectivity index (χ2v) is 6.56. The second-order valence-electron chi connectivity index (χ2n) is 5.34. The fourth-order valence-electron chi connectivity index (χ4n) is 2.40. The lowest BCUT2D eigenvalue weighted by Gasteiger charge is -2.22. The van der Waals surface area contributed by atoms with E-state index in [1.165, 1.54) is 25.0 Å². The zero-order valence-electron chi connectivity index (χ0n) is 12.1. The van der Waals surface area contributed by atoms with E-state index in [4.69, 9.17) is 39.5 Å². The summed E-state index contributed by atoms with van der Waals surface area (Å²) in [7, 11) is 0. The number of halogens is 3. The highest BCUT2D eigenvalue weighted by molar-refractivity contribution is 6.43. The highest BCUT2D eigenvalue weighted by atomic mass is 35.5. The van der Waals surface area contributed by atoms with Crippen LogP contribution in [0, 0.1) is 5.92 Å². The molecule has 0 spiro atoms. The Bertz CT molecular complexity index is 520. The Labute approximate surface area is 145 Å². The molecule has 0 saturated carbocycles. The molecule has 1 aliphatic heterocycles. The molecule has 0 radical (unpaired) electrons. The van der Waals surface area contributed by atoms with Crippen LogP contribution < -0.4 is 15.4 Å². The number of hydrogen-bond donors (Lipinski definition) is 2. The van der Waals surface area contributed by atoms with Gasteiger partial charge >= 0.3 is 0 Å². The number of rotatable bonds is 6. The molecule has 0 bridgehead atoms. The average molecular weight is 366 g/mol. The van der Waals surface area contributed by atoms with Crippen LogP contribution in [0.15, 0.2) is 12.1 Å². The molecule has 2 rings (SSSR count). The van der Waals surface area contributed by atoms with Crippen LogP contribution in [0.3, 0.4) is 0 Å². The van der Waals surface area contributed by atoms with Gasteiger partial charge in [0.05, 0.1) is 15.1 Å². The van der Waals surface area contributed by atoms with Crippen molar-refractivity contribution < 1.29 is 9.53 Å². The minimum Gasteiger partial charge on any atom is -0.482 e. The first-order valence-electron chi connectivity index (χ1n) is 7.31. The van der Waals surface area contributed by atoms with Crippen LogP contribution in [0.1, 0.15) is 19.3 Å². The highest BCUT2D eigenvalue weighted by Gasteiger charge is 2.13. The van der Waals surface area contributed by atoms with Gasteiger partial charge in [0.2, 0.25) is 0 Å². The Morgan fingerprint density at radius 3 is 2.77 bits per heavy atom. The number of piperidine rings is 1. The van der Waals surface area contributed by atoms with Gasteiger partial charge in [-0.05, 0) is 44.3 Å². The van der Waals surface area contributed by atoms with Crippen LogP contribution in [0.5, 0.6) is 5.75 Å². The molecule has 0 aromatic heterocycles. The SMILES string of the molecule is O=C(COc1cc(Cl)c(Cl)cc1Cl)NCCC1CCCNC1. The zero-order chi connectivity index (χ0) is 15.9. The fraction of sp³-hybridized carbons (Fsp3) is 0.533. The number of nitrogens with one attached hydrogen (secondary N) is 2. The van der Waals surface area contributed by atoms with Crippen molar-refractivity contribution in [3.63, 3.8) is 0 Å². The first kappa shape index (κ1) is 17.7. The maximum atomic E-state index is 11.8. The smallest absolute Gasteiger partial charge is 0.257 e. The monoisotopic (exact) mass is 364 g/mol. The quantitative estimate of drug-likeness (QED) is 0.758. The summed E-state index contributed by atoms with van der Waals surface area (Å²) in [5.74, 6) is 0.813. The third-order valence-corrected chi connectivity index (χ3v) is 4.62. The van der Waals surface area contributed by atoms with E-state index < -0.39 is 0 Å². The van der Waals surface area contributed by atoms with Crippen molar-refractivity contribution in [3.05, 3.63) is 27.2 Å². The molecule has 22 heavy (non-hydrogen) atoms. The molecule has 1 aromatic carbocycles. The summed E-state index contributed by atoms with van der Waals surface area (Å²) in [6.07, 6.45) is 3.40. The lowest BCUT2D eigenvalue weighted by Crippen LogP contribution is -2.34. The number of benzene rings is 1. The third-order valence-electron chi connectivity index (χ3n) is 3.61. The lowest BCUT2D eigenvalue weighted by molar-refractivity contribution is -0.123. The highest BCUT2D eigenvalue weighted by Crippen LogP contribution is 2.33. The van der Waals surface area contributed by atoms with Gasteiger partial charge in [-0.2, -0.15) is 0 Å². The van der Waals surface area contributed by atoms with Crippen molar-refractivity contribution >= 4 is 40.7 Å². The van der Waals surface area contributed by atoms with E-state index in [-0.39, 0.29) is 12.5 Å². The molecule has 122 valence electrons. The Hall–Kier alpha value is -0.680. The van der Waals surface area contributed by atoms with Crippen LogP contribution >= 0.6 is 34.8 Å². The van der Waals surface area contributed by atoms with Crippen LogP contribution in [-0.4, -0.2) is 32.1 Å². The Morgan fingerprint density at radius 2 is 2.05 bits per heavy atom. The molecule has 1 aromatic rings. The second kappa shape index (κ2) is 8.82. The van der Waals surface area contributed by atoms with Crippen LogP contribution in [-0.2, 0) is 4.79 Å². The van der Waals surface area contributed by atoms with E-state index in [0.717, 1.165) is 19.5 Å². The Kier molecular flexibility index (Phi) is 7.09. The summed E-state index contributed by atoms with van der Waals surface area (Å²) in [6.45, 7) is 2.69. The van der Waals surface area contributed by atoms with Crippen LogP contribution in [0.25, 0.3) is 0 Å². The largest absolute Gasteiger partial charge is 0.482 e. The molecule has 1 saturated heterocycles. The summed E-state index contributed by atoms with van der Waals surface area (Å²) < 4.78 is 5.38. The van der Waals surface area contributed by atoms with Crippen molar-refractivity contribution in [2.45, 2.75) is 19.3 Å². The summed E-state index contributed by atoms with van der Waals surface area (Å²) in [4.78, 5) is 11.8. The lowest BCUT2D eigenvalue weighted by atomic mass is 9.96. The molecule has 7 heteroatoms. The zero-order valence-corrected chi connectivity index (χ0v) is 14.4. The van der Waals surface area contributed by atoms with Gasteiger partial charge in [-0.15, -0.1) is 0 Å². The van der Waals surface area contributed by atoms with E-state index in [9.17, 15) is 4.79 Å². The van der Waals surface area contributed by atoms with Gasteiger partial charge in [0.25, 0.3) is 5.91 Å². The molecule has 2 N–H and O–H groups in total. The summed E-state index contributed by atoms with van der Waals surface area (Å²) in [6, 6.07) is 3.00. The standard InChI is InChI=1S/C15H19Cl3N2O2/c16-11-6-13(18)14(7-12(11)17)22-9-15(21)20-5-3-10-2-1-4-19-8-10/h6-7,10,19H,1-5,8-9H2,(H,20,21).